The van der Waals surface area contributed by atoms with Crippen molar-refractivity contribution in [2.75, 3.05) is 32.8 Å². The van der Waals surface area contributed by atoms with Crippen LogP contribution in [-0.2, 0) is 4.74 Å². The normalized spacial score (nSPS) is 34.8. The number of nitrogens with zero attached hydrogens (tertiary/aromatic N) is 1. The van der Waals surface area contributed by atoms with E-state index in [-0.39, 0.29) is 0 Å². The van der Waals surface area contributed by atoms with Crippen molar-refractivity contribution < 1.29 is 4.74 Å². The van der Waals surface area contributed by atoms with Crippen molar-refractivity contribution in [1.82, 2.24) is 10.2 Å². The Hall–Kier alpha value is -0.120. The van der Waals surface area contributed by atoms with Crippen molar-refractivity contribution in [3.05, 3.63) is 0 Å². The fraction of sp³-hybridized carbons (Fsp3) is 1.00. The highest BCUT2D eigenvalue weighted by Gasteiger charge is 2.34. The highest BCUT2D eigenvalue weighted by molar-refractivity contribution is 4.91. The Labute approximate surface area is 106 Å². The minimum Gasteiger partial charge on any atom is -0.376 e. The summed E-state index contributed by atoms with van der Waals surface area (Å²) in [5.74, 6) is 0. The third-order valence-electron chi connectivity index (χ3n) is 4.45. The first kappa shape index (κ1) is 13.3. The molecule has 3 heteroatoms. The van der Waals surface area contributed by atoms with Crippen LogP contribution in [-0.4, -0.2) is 49.8 Å². The topological polar surface area (TPSA) is 24.5 Å². The fourth-order valence-corrected chi connectivity index (χ4v) is 3.03. The van der Waals surface area contributed by atoms with E-state index in [1.807, 2.05) is 0 Å². The van der Waals surface area contributed by atoms with E-state index in [1.54, 1.807) is 0 Å². The van der Waals surface area contributed by atoms with Crippen molar-refractivity contribution in [1.29, 1.82) is 0 Å². The van der Waals surface area contributed by atoms with E-state index < -0.39 is 0 Å². The third-order valence-corrected chi connectivity index (χ3v) is 4.45. The van der Waals surface area contributed by atoms with Gasteiger partial charge in [-0.15, -0.1) is 0 Å². The van der Waals surface area contributed by atoms with Crippen LogP contribution in [0.3, 0.4) is 0 Å². The first-order chi connectivity index (χ1) is 8.12. The lowest BCUT2D eigenvalue weighted by atomic mass is 9.77. The Morgan fingerprint density at radius 3 is 2.94 bits per heavy atom. The molecule has 2 fully saturated rings. The maximum absolute atomic E-state index is 5.74. The van der Waals surface area contributed by atoms with E-state index in [2.05, 4.69) is 31.0 Å². The summed E-state index contributed by atoms with van der Waals surface area (Å²) in [7, 11) is 0. The molecule has 2 aliphatic heterocycles. The quantitative estimate of drug-likeness (QED) is 0.815. The molecule has 0 bridgehead atoms. The van der Waals surface area contributed by atoms with E-state index in [0.29, 0.717) is 17.6 Å². The fourth-order valence-electron chi connectivity index (χ4n) is 3.03. The van der Waals surface area contributed by atoms with Crippen molar-refractivity contribution in [2.45, 2.75) is 52.2 Å². The van der Waals surface area contributed by atoms with Crippen molar-refractivity contribution in [3.8, 4) is 0 Å². The lowest BCUT2D eigenvalue weighted by Gasteiger charge is -2.43. The minimum absolute atomic E-state index is 0.443. The zero-order chi connectivity index (χ0) is 12.3. The van der Waals surface area contributed by atoms with Crippen LogP contribution < -0.4 is 5.32 Å². The summed E-state index contributed by atoms with van der Waals surface area (Å²) in [5.41, 5.74) is 0.443. The SMILES string of the molecule is CCC1CN(CC2NCCCC2(C)C)CCO1. The van der Waals surface area contributed by atoms with E-state index >= 15 is 0 Å². The van der Waals surface area contributed by atoms with E-state index in [4.69, 9.17) is 4.74 Å². The van der Waals surface area contributed by atoms with Gasteiger partial charge in [0.25, 0.3) is 0 Å². The van der Waals surface area contributed by atoms with Crippen LogP contribution >= 0.6 is 0 Å². The third kappa shape index (κ3) is 3.43. The molecule has 2 heterocycles. The Kier molecular flexibility index (Phi) is 4.45. The molecule has 0 aromatic carbocycles. The van der Waals surface area contributed by atoms with Gasteiger partial charge in [-0.05, 0) is 31.2 Å². The average Bonchev–Trinajstić information content (AvgIpc) is 2.32. The van der Waals surface area contributed by atoms with Crippen molar-refractivity contribution in [2.24, 2.45) is 5.41 Å². The molecule has 0 saturated carbocycles. The van der Waals surface area contributed by atoms with E-state index in [9.17, 15) is 0 Å². The van der Waals surface area contributed by atoms with Gasteiger partial charge in [0.05, 0.1) is 12.7 Å². The second kappa shape index (κ2) is 5.68. The molecule has 2 unspecified atom stereocenters. The lowest BCUT2D eigenvalue weighted by molar-refractivity contribution is -0.0381. The summed E-state index contributed by atoms with van der Waals surface area (Å²) >= 11 is 0. The molecule has 17 heavy (non-hydrogen) atoms. The molecule has 0 amide bonds. The molecule has 0 aliphatic carbocycles. The smallest absolute Gasteiger partial charge is 0.0700 e. The van der Waals surface area contributed by atoms with Crippen LogP contribution in [0.1, 0.15) is 40.0 Å². The first-order valence-electron chi connectivity index (χ1n) is 7.19. The molecule has 2 saturated heterocycles. The Morgan fingerprint density at radius 1 is 1.41 bits per heavy atom. The zero-order valence-corrected chi connectivity index (χ0v) is 11.7. The molecule has 2 rings (SSSR count). The van der Waals surface area contributed by atoms with Gasteiger partial charge in [0.1, 0.15) is 0 Å². The van der Waals surface area contributed by atoms with Crippen molar-refractivity contribution >= 4 is 0 Å². The average molecular weight is 240 g/mol. The summed E-state index contributed by atoms with van der Waals surface area (Å²) in [4.78, 5) is 2.59. The summed E-state index contributed by atoms with van der Waals surface area (Å²) < 4.78 is 5.74. The van der Waals surface area contributed by atoms with E-state index in [0.717, 1.165) is 26.1 Å². The first-order valence-corrected chi connectivity index (χ1v) is 7.19. The number of morpholine rings is 1. The van der Waals surface area contributed by atoms with Gasteiger partial charge in [-0.25, -0.2) is 0 Å². The summed E-state index contributed by atoms with van der Waals surface area (Å²) in [6.45, 7) is 12.5. The monoisotopic (exact) mass is 240 g/mol. The molecule has 2 aliphatic rings. The predicted octanol–water partition coefficient (Wildman–Crippen LogP) is 1.88. The molecule has 0 aromatic heterocycles. The number of hydrogen-bond donors (Lipinski definition) is 1. The molecule has 0 spiro atoms. The van der Waals surface area contributed by atoms with Crippen LogP contribution in [0.25, 0.3) is 0 Å². The van der Waals surface area contributed by atoms with E-state index in [1.165, 1.54) is 25.9 Å². The maximum atomic E-state index is 5.74. The van der Waals surface area contributed by atoms with Crippen molar-refractivity contribution in [3.63, 3.8) is 0 Å². The molecule has 0 aromatic rings. The van der Waals surface area contributed by atoms with Crippen LogP contribution in [0.2, 0.25) is 0 Å². The van der Waals surface area contributed by atoms with Crippen LogP contribution in [0, 0.1) is 5.41 Å². The van der Waals surface area contributed by atoms with Crippen LogP contribution in [0.4, 0.5) is 0 Å². The number of piperidine rings is 1. The second-order valence-electron chi connectivity index (χ2n) is 6.26. The van der Waals surface area contributed by atoms with Crippen LogP contribution in [0.15, 0.2) is 0 Å². The summed E-state index contributed by atoms with van der Waals surface area (Å²) in [5, 5.41) is 3.71. The maximum Gasteiger partial charge on any atom is 0.0700 e. The van der Waals surface area contributed by atoms with Gasteiger partial charge in [-0.1, -0.05) is 20.8 Å². The molecule has 100 valence electrons. The van der Waals surface area contributed by atoms with Gasteiger partial charge in [0.2, 0.25) is 0 Å². The molecule has 0 radical (unpaired) electrons. The number of hydrogen-bond acceptors (Lipinski definition) is 3. The highest BCUT2D eigenvalue weighted by Crippen LogP contribution is 2.30. The van der Waals surface area contributed by atoms with Gasteiger partial charge in [0, 0.05) is 25.7 Å². The number of rotatable bonds is 3. The molecule has 2 atom stereocenters. The lowest BCUT2D eigenvalue weighted by Crippen LogP contribution is -2.55. The van der Waals surface area contributed by atoms with Gasteiger partial charge in [0.15, 0.2) is 0 Å². The largest absolute Gasteiger partial charge is 0.376 e. The highest BCUT2D eigenvalue weighted by atomic mass is 16.5. The molecular formula is C14H28N2O. The summed E-state index contributed by atoms with van der Waals surface area (Å²) in [6.07, 6.45) is 4.27. The van der Waals surface area contributed by atoms with Gasteiger partial charge in [-0.2, -0.15) is 0 Å². The van der Waals surface area contributed by atoms with Crippen LogP contribution in [0.5, 0.6) is 0 Å². The zero-order valence-electron chi connectivity index (χ0n) is 11.7. The molecule has 3 nitrogen and oxygen atoms in total. The standard InChI is InChI=1S/C14H28N2O/c1-4-12-10-16(8-9-17-12)11-13-14(2,3)6-5-7-15-13/h12-13,15H,4-11H2,1-3H3. The Balaban J connectivity index is 1.86. The summed E-state index contributed by atoms with van der Waals surface area (Å²) in [6, 6.07) is 0.645. The Morgan fingerprint density at radius 2 is 2.24 bits per heavy atom. The molecule has 1 N–H and O–H groups in total. The van der Waals surface area contributed by atoms with Gasteiger partial charge < -0.3 is 10.1 Å². The van der Waals surface area contributed by atoms with Gasteiger partial charge in [-0.3, -0.25) is 4.90 Å². The van der Waals surface area contributed by atoms with Gasteiger partial charge >= 0.3 is 0 Å². The second-order valence-corrected chi connectivity index (χ2v) is 6.26. The Bertz CT molecular complexity index is 242. The number of ether oxygens (including phenoxy) is 1. The minimum atomic E-state index is 0.443. The number of nitrogens with one attached hydrogen (secondary N) is 1. The molecular weight excluding hydrogens is 212 g/mol. The predicted molar refractivity (Wildman–Crippen MR) is 71.3 cm³/mol.